The Morgan fingerprint density at radius 1 is 1.14 bits per heavy atom. The van der Waals surface area contributed by atoms with Gasteiger partial charge in [0, 0.05) is 18.2 Å². The standard InChI is InChI=1S/C20H20F2N2O3S/c1-12-17-11-15(21)4-2-13(17)8-9-24(12)20(25)14-3-7-18(22)19(10-14)28(26,27)23-16-5-6-16/h2-4,7,10-12,16,23H,5-6,8-9H2,1H3. The molecular weight excluding hydrogens is 386 g/mol. The van der Waals surface area contributed by atoms with E-state index in [-0.39, 0.29) is 23.5 Å². The molecule has 2 aromatic rings. The lowest BCUT2D eigenvalue weighted by Gasteiger charge is -2.35. The number of nitrogens with zero attached hydrogens (tertiary/aromatic N) is 1. The van der Waals surface area contributed by atoms with Crippen molar-refractivity contribution in [3.05, 3.63) is 64.7 Å². The predicted molar refractivity (Wildman–Crippen MR) is 99.3 cm³/mol. The molecule has 2 aliphatic rings. The molecule has 8 heteroatoms. The lowest BCUT2D eigenvalue weighted by molar-refractivity contribution is 0.0677. The van der Waals surface area contributed by atoms with Gasteiger partial charge in [-0.15, -0.1) is 0 Å². The second-order valence-corrected chi connectivity index (χ2v) is 8.99. The number of fused-ring (bicyclic) bond motifs is 1. The summed E-state index contributed by atoms with van der Waals surface area (Å²) in [5.74, 6) is -1.68. The van der Waals surface area contributed by atoms with Crippen LogP contribution in [-0.4, -0.2) is 31.8 Å². The molecule has 1 N–H and O–H groups in total. The van der Waals surface area contributed by atoms with Crippen LogP contribution in [0.1, 0.15) is 47.3 Å². The quantitative estimate of drug-likeness (QED) is 0.848. The summed E-state index contributed by atoms with van der Waals surface area (Å²) in [6.45, 7) is 2.21. The summed E-state index contributed by atoms with van der Waals surface area (Å²) in [4.78, 5) is 14.1. The smallest absolute Gasteiger partial charge is 0.254 e. The summed E-state index contributed by atoms with van der Waals surface area (Å²) in [5, 5.41) is 0. The van der Waals surface area contributed by atoms with Crippen molar-refractivity contribution in [1.29, 1.82) is 0 Å². The first-order valence-electron chi connectivity index (χ1n) is 9.17. The summed E-state index contributed by atoms with van der Waals surface area (Å²) in [5.41, 5.74) is 1.79. The predicted octanol–water partition coefficient (Wildman–Crippen LogP) is 3.17. The molecule has 0 radical (unpaired) electrons. The van der Waals surface area contributed by atoms with Crippen molar-refractivity contribution >= 4 is 15.9 Å². The number of rotatable bonds is 4. The van der Waals surface area contributed by atoms with Gasteiger partial charge in [0.15, 0.2) is 0 Å². The molecule has 1 unspecified atom stereocenters. The van der Waals surface area contributed by atoms with E-state index in [0.717, 1.165) is 36.1 Å². The molecular formula is C20H20F2N2O3S. The van der Waals surface area contributed by atoms with Crippen LogP contribution in [0.15, 0.2) is 41.3 Å². The molecule has 0 bridgehead atoms. The van der Waals surface area contributed by atoms with E-state index in [4.69, 9.17) is 0 Å². The number of halogens is 2. The van der Waals surface area contributed by atoms with Crippen LogP contribution in [-0.2, 0) is 16.4 Å². The summed E-state index contributed by atoms with van der Waals surface area (Å²) in [7, 11) is -4.03. The van der Waals surface area contributed by atoms with Crippen molar-refractivity contribution in [2.24, 2.45) is 0 Å². The number of carbonyl (C=O) groups is 1. The number of hydrogen-bond acceptors (Lipinski definition) is 3. The number of sulfonamides is 1. The molecule has 1 fully saturated rings. The highest BCUT2D eigenvalue weighted by Gasteiger charge is 2.32. The molecule has 1 aliphatic heterocycles. The SMILES string of the molecule is CC1c2cc(F)ccc2CCN1C(=O)c1ccc(F)c(S(=O)(=O)NC2CC2)c1. The van der Waals surface area contributed by atoms with Gasteiger partial charge < -0.3 is 4.90 Å². The Hall–Kier alpha value is -2.32. The molecule has 1 heterocycles. The number of benzene rings is 2. The van der Waals surface area contributed by atoms with Gasteiger partial charge in [0.1, 0.15) is 16.5 Å². The third-order valence-electron chi connectivity index (χ3n) is 5.28. The Labute approximate surface area is 162 Å². The Kier molecular flexibility index (Phi) is 4.71. The van der Waals surface area contributed by atoms with Gasteiger partial charge in [-0.25, -0.2) is 21.9 Å². The summed E-state index contributed by atoms with van der Waals surface area (Å²) >= 11 is 0. The van der Waals surface area contributed by atoms with Crippen LogP contribution in [0.5, 0.6) is 0 Å². The fraction of sp³-hybridized carbons (Fsp3) is 0.350. The van der Waals surface area contributed by atoms with Crippen molar-refractivity contribution in [2.75, 3.05) is 6.54 Å². The summed E-state index contributed by atoms with van der Waals surface area (Å²) < 4.78 is 55.0. The van der Waals surface area contributed by atoms with Gasteiger partial charge in [0.05, 0.1) is 6.04 Å². The number of hydrogen-bond donors (Lipinski definition) is 1. The van der Waals surface area contributed by atoms with Gasteiger partial charge in [-0.3, -0.25) is 4.79 Å². The van der Waals surface area contributed by atoms with Gasteiger partial charge in [0.25, 0.3) is 5.91 Å². The van der Waals surface area contributed by atoms with Gasteiger partial charge in [0.2, 0.25) is 10.0 Å². The van der Waals surface area contributed by atoms with Crippen LogP contribution in [0.4, 0.5) is 8.78 Å². The molecule has 28 heavy (non-hydrogen) atoms. The molecule has 1 amide bonds. The zero-order valence-corrected chi connectivity index (χ0v) is 16.1. The van der Waals surface area contributed by atoms with Gasteiger partial charge in [-0.05, 0) is 67.6 Å². The van der Waals surface area contributed by atoms with Crippen molar-refractivity contribution in [3.63, 3.8) is 0 Å². The number of amides is 1. The number of nitrogens with one attached hydrogen (secondary N) is 1. The molecule has 0 spiro atoms. The van der Waals surface area contributed by atoms with Crippen LogP contribution >= 0.6 is 0 Å². The molecule has 148 valence electrons. The Morgan fingerprint density at radius 3 is 2.61 bits per heavy atom. The Balaban J connectivity index is 1.64. The highest BCUT2D eigenvalue weighted by Crippen LogP contribution is 2.32. The minimum atomic E-state index is -4.03. The van der Waals surface area contributed by atoms with Crippen molar-refractivity contribution < 1.29 is 22.0 Å². The van der Waals surface area contributed by atoms with E-state index in [9.17, 15) is 22.0 Å². The van der Waals surface area contributed by atoms with E-state index in [0.29, 0.717) is 13.0 Å². The topological polar surface area (TPSA) is 66.5 Å². The summed E-state index contributed by atoms with van der Waals surface area (Å²) in [6, 6.07) is 7.34. The molecule has 2 aromatic carbocycles. The van der Waals surface area contributed by atoms with Crippen LogP contribution in [0.3, 0.4) is 0 Å². The molecule has 1 atom stereocenters. The zero-order valence-electron chi connectivity index (χ0n) is 15.3. The number of carbonyl (C=O) groups excluding carboxylic acids is 1. The second-order valence-electron chi connectivity index (χ2n) is 7.31. The lowest BCUT2D eigenvalue weighted by atomic mass is 9.93. The van der Waals surface area contributed by atoms with Gasteiger partial charge >= 0.3 is 0 Å². The van der Waals surface area contributed by atoms with Crippen LogP contribution in [0.2, 0.25) is 0 Å². The van der Waals surface area contributed by atoms with Crippen LogP contribution < -0.4 is 4.72 Å². The molecule has 0 saturated heterocycles. The first-order valence-corrected chi connectivity index (χ1v) is 10.7. The van der Waals surface area contributed by atoms with E-state index in [2.05, 4.69) is 4.72 Å². The minimum Gasteiger partial charge on any atom is -0.332 e. The van der Waals surface area contributed by atoms with Crippen molar-refractivity contribution in [3.8, 4) is 0 Å². The first-order chi connectivity index (χ1) is 13.3. The van der Waals surface area contributed by atoms with E-state index < -0.39 is 26.6 Å². The average Bonchev–Trinajstić information content (AvgIpc) is 3.45. The highest BCUT2D eigenvalue weighted by atomic mass is 32.2. The van der Waals surface area contributed by atoms with Gasteiger partial charge in [-0.2, -0.15) is 0 Å². The molecule has 1 aliphatic carbocycles. The third-order valence-corrected chi connectivity index (χ3v) is 6.81. The molecule has 4 rings (SSSR count). The van der Waals surface area contributed by atoms with Crippen molar-refractivity contribution in [1.82, 2.24) is 9.62 Å². The summed E-state index contributed by atoms with van der Waals surface area (Å²) in [6.07, 6.45) is 2.02. The maximum absolute atomic E-state index is 14.2. The monoisotopic (exact) mass is 406 g/mol. The molecule has 1 saturated carbocycles. The van der Waals surface area contributed by atoms with Crippen LogP contribution in [0, 0.1) is 11.6 Å². The maximum Gasteiger partial charge on any atom is 0.254 e. The molecule has 5 nitrogen and oxygen atoms in total. The lowest BCUT2D eigenvalue weighted by Crippen LogP contribution is -2.39. The zero-order chi connectivity index (χ0) is 20.1. The van der Waals surface area contributed by atoms with E-state index in [1.807, 2.05) is 0 Å². The fourth-order valence-electron chi connectivity index (χ4n) is 3.55. The average molecular weight is 406 g/mol. The van der Waals surface area contributed by atoms with E-state index in [1.165, 1.54) is 18.2 Å². The second kappa shape index (κ2) is 6.93. The Morgan fingerprint density at radius 2 is 1.89 bits per heavy atom. The van der Waals surface area contributed by atoms with E-state index in [1.54, 1.807) is 17.9 Å². The third kappa shape index (κ3) is 3.54. The van der Waals surface area contributed by atoms with Gasteiger partial charge in [-0.1, -0.05) is 6.07 Å². The largest absolute Gasteiger partial charge is 0.332 e. The van der Waals surface area contributed by atoms with Crippen LogP contribution in [0.25, 0.3) is 0 Å². The van der Waals surface area contributed by atoms with E-state index >= 15 is 0 Å². The molecule has 0 aromatic heterocycles. The fourth-order valence-corrected chi connectivity index (χ4v) is 4.96. The Bertz CT molecular complexity index is 1050. The highest BCUT2D eigenvalue weighted by molar-refractivity contribution is 7.89. The first kappa shape index (κ1) is 19.0. The minimum absolute atomic E-state index is 0.0873. The normalized spacial score (nSPS) is 19.4. The maximum atomic E-state index is 14.2. The van der Waals surface area contributed by atoms with Crippen molar-refractivity contribution in [2.45, 2.75) is 43.2 Å².